The van der Waals surface area contributed by atoms with E-state index in [-0.39, 0.29) is 52.8 Å². The zero-order valence-corrected chi connectivity index (χ0v) is 5.59. The first kappa shape index (κ1) is 9.09. The Balaban J connectivity index is -0.0000000200. The number of hydrogen-bond donors (Lipinski definition) is 0. The number of alkyl halides is 2. The molecule has 0 amide bonds. The average molecular weight is 92.1 g/mol. The van der Waals surface area contributed by atoms with Crippen molar-refractivity contribution >= 4 is 0 Å². The summed E-state index contributed by atoms with van der Waals surface area (Å²) in [6.07, 6.45) is 0. The molecule has 0 spiro atoms. The van der Waals surface area contributed by atoms with Crippen LogP contribution in [0.4, 0.5) is 8.78 Å². The predicted molar refractivity (Wildman–Crippen MR) is 8.20 cm³/mol. The molecule has 0 rings (SSSR count). The normalized spacial score (nSPS) is 4.50. The summed E-state index contributed by atoms with van der Waals surface area (Å²) in [5, 5.41) is 0. The topological polar surface area (TPSA) is 0 Å². The Hall–Kier alpha value is 1.50. The van der Waals surface area contributed by atoms with Crippen molar-refractivity contribution in [2.24, 2.45) is 0 Å². The van der Waals surface area contributed by atoms with Crippen molar-refractivity contribution in [3.63, 3.8) is 0 Å². The van der Waals surface area contributed by atoms with E-state index < -0.39 is 6.93 Å². The molecule has 0 aromatic carbocycles. The molecule has 0 aliphatic carbocycles. The van der Waals surface area contributed by atoms with Gasteiger partial charge in [0.15, 0.2) is 0 Å². The molecule has 22 valence electrons. The summed E-state index contributed by atoms with van der Waals surface area (Å²) in [5.41, 5.74) is 0. The van der Waals surface area contributed by atoms with Gasteiger partial charge in [-0.1, -0.05) is 0 Å². The molecule has 3 heteroatoms. The van der Waals surface area contributed by atoms with Gasteiger partial charge in [-0.2, -0.15) is 0 Å². The third-order valence-electron chi connectivity index (χ3n) is 0. The minimum atomic E-state index is -1.75. The molecule has 4 heavy (non-hydrogen) atoms. The Labute approximate surface area is 67.5 Å². The SMILES string of the molecule is FCF.[H-].[K+]. The Morgan fingerprint density at radius 3 is 1.50 bits per heavy atom. The van der Waals surface area contributed by atoms with Gasteiger partial charge >= 0.3 is 51.4 Å². The van der Waals surface area contributed by atoms with Gasteiger partial charge in [0, 0.05) is 0 Å². The molecule has 0 atom stereocenters. The molecule has 0 aliphatic rings. The van der Waals surface area contributed by atoms with Crippen LogP contribution in [0.3, 0.4) is 0 Å². The fourth-order valence-electron chi connectivity index (χ4n) is 0. The smallest absolute Gasteiger partial charge is 1.00 e. The average Bonchev–Trinajstić information content (AvgIpc) is 0.918. The van der Waals surface area contributed by atoms with E-state index in [0.29, 0.717) is 0 Å². The van der Waals surface area contributed by atoms with Crippen LogP contribution in [0.1, 0.15) is 1.43 Å². The molecule has 0 fully saturated rings. The molecule has 0 unspecified atom stereocenters. The zero-order valence-electron chi connectivity index (χ0n) is 3.46. The van der Waals surface area contributed by atoms with E-state index in [9.17, 15) is 8.78 Å². The van der Waals surface area contributed by atoms with E-state index in [4.69, 9.17) is 0 Å². The molecular weight excluding hydrogens is 89.1 g/mol. The van der Waals surface area contributed by atoms with Crippen molar-refractivity contribution in [2.45, 2.75) is 0 Å². The molecule has 0 radical (unpaired) electrons. The zero-order chi connectivity index (χ0) is 2.71. The second-order valence-corrected chi connectivity index (χ2v) is 0.101. The van der Waals surface area contributed by atoms with Crippen molar-refractivity contribution in [3.8, 4) is 0 Å². The third kappa shape index (κ3) is 9.73. The number of halogens is 2. The fraction of sp³-hybridized carbons (Fsp3) is 1.00. The summed E-state index contributed by atoms with van der Waals surface area (Å²) >= 11 is 0. The Bertz CT molecular complexity index is 9.61. The molecule has 0 nitrogen and oxygen atoms in total. The summed E-state index contributed by atoms with van der Waals surface area (Å²) in [5.74, 6) is 0. The summed E-state index contributed by atoms with van der Waals surface area (Å²) in [6.45, 7) is -1.75. The maximum absolute atomic E-state index is 9.62. The van der Waals surface area contributed by atoms with Crippen LogP contribution in [0.5, 0.6) is 0 Å². The van der Waals surface area contributed by atoms with E-state index in [1.165, 1.54) is 0 Å². The Morgan fingerprint density at radius 2 is 1.50 bits per heavy atom. The minimum absolute atomic E-state index is 0. The minimum Gasteiger partial charge on any atom is -1.00 e. The second-order valence-electron chi connectivity index (χ2n) is 0.101. The van der Waals surface area contributed by atoms with Crippen molar-refractivity contribution in [1.82, 2.24) is 0 Å². The number of hydrogen-bond acceptors (Lipinski definition) is 0. The van der Waals surface area contributed by atoms with Gasteiger partial charge in [-0.25, -0.2) is 8.78 Å². The summed E-state index contributed by atoms with van der Waals surface area (Å²) in [6, 6.07) is 0. The van der Waals surface area contributed by atoms with Crippen LogP contribution in [0.2, 0.25) is 0 Å². The van der Waals surface area contributed by atoms with Gasteiger partial charge in [-0.15, -0.1) is 0 Å². The van der Waals surface area contributed by atoms with Gasteiger partial charge in [0.1, 0.15) is 0 Å². The van der Waals surface area contributed by atoms with Crippen LogP contribution in [0.25, 0.3) is 0 Å². The van der Waals surface area contributed by atoms with Crippen LogP contribution in [0, 0.1) is 0 Å². The van der Waals surface area contributed by atoms with Crippen LogP contribution in [-0.4, -0.2) is 6.93 Å². The van der Waals surface area contributed by atoms with Crippen molar-refractivity contribution in [3.05, 3.63) is 0 Å². The van der Waals surface area contributed by atoms with Crippen LogP contribution < -0.4 is 51.4 Å². The molecule has 0 heterocycles. The van der Waals surface area contributed by atoms with Crippen molar-refractivity contribution in [2.75, 3.05) is 6.93 Å². The molecule has 0 saturated carbocycles. The van der Waals surface area contributed by atoms with Gasteiger partial charge in [-0.3, -0.25) is 0 Å². The third-order valence-corrected chi connectivity index (χ3v) is 0. The van der Waals surface area contributed by atoms with Gasteiger partial charge in [0.05, 0.1) is 0 Å². The Morgan fingerprint density at radius 1 is 1.50 bits per heavy atom. The maximum Gasteiger partial charge on any atom is 1.00 e. The first-order valence-corrected chi connectivity index (χ1v) is 0.535. The van der Waals surface area contributed by atoms with E-state index in [1.807, 2.05) is 0 Å². The molecule has 0 bridgehead atoms. The maximum atomic E-state index is 9.62. The number of rotatable bonds is 0. The molecular formula is CH3F2K. The summed E-state index contributed by atoms with van der Waals surface area (Å²) < 4.78 is 19.2. The largest absolute Gasteiger partial charge is 1.00 e. The van der Waals surface area contributed by atoms with E-state index in [2.05, 4.69) is 0 Å². The van der Waals surface area contributed by atoms with Gasteiger partial charge < -0.3 is 1.43 Å². The van der Waals surface area contributed by atoms with Gasteiger partial charge in [-0.05, 0) is 0 Å². The van der Waals surface area contributed by atoms with Crippen LogP contribution >= 0.6 is 0 Å². The first-order valence-electron chi connectivity index (χ1n) is 0.535. The first-order chi connectivity index (χ1) is 1.41. The molecule has 0 aromatic heterocycles. The van der Waals surface area contributed by atoms with Gasteiger partial charge in [0.25, 0.3) is 0 Å². The monoisotopic (exact) mass is 92.0 g/mol. The Kier molecular flexibility index (Phi) is 20.0. The standard InChI is InChI=1S/CH2F2.K.H/c2-1-3;;/h1H2;;/q;+1;-1. The van der Waals surface area contributed by atoms with E-state index in [0.717, 1.165) is 0 Å². The van der Waals surface area contributed by atoms with Gasteiger partial charge in [0.2, 0.25) is 6.93 Å². The van der Waals surface area contributed by atoms with E-state index >= 15 is 0 Å². The second kappa shape index (κ2) is 8.82. The molecule has 0 saturated heterocycles. The van der Waals surface area contributed by atoms with Crippen LogP contribution in [0.15, 0.2) is 0 Å². The van der Waals surface area contributed by atoms with Crippen LogP contribution in [-0.2, 0) is 0 Å². The van der Waals surface area contributed by atoms with Crippen molar-refractivity contribution < 1.29 is 61.6 Å². The molecule has 0 N–H and O–H groups in total. The molecule has 0 aliphatic heterocycles. The van der Waals surface area contributed by atoms with E-state index in [1.54, 1.807) is 0 Å². The summed E-state index contributed by atoms with van der Waals surface area (Å²) in [7, 11) is 0. The molecule has 0 aromatic rings. The predicted octanol–water partition coefficient (Wildman–Crippen LogP) is -2.00. The quantitative estimate of drug-likeness (QED) is 0.303. The van der Waals surface area contributed by atoms with Crippen molar-refractivity contribution in [1.29, 1.82) is 0 Å². The fourth-order valence-corrected chi connectivity index (χ4v) is 0. The summed E-state index contributed by atoms with van der Waals surface area (Å²) in [4.78, 5) is 0.